The summed E-state index contributed by atoms with van der Waals surface area (Å²) in [4.78, 5) is 42.0. The quantitative estimate of drug-likeness (QED) is 0.00952. The molecule has 0 aromatic heterocycles. The number of aromatic hydroxyl groups is 1. The standard InChI is InChI=1S/C26H36FNO3Si.C22H30BrFO3Si.C22H28BrFO3Si.C20H22FNO3/c1-8-16-28(5)17-9-18-30-22-14-15-23(24(27)19-22)25(29)20-10-12-21(13-11-20)31-32(6,7)26(2,3)4;2*1-22(2,3)28(4,5)27-17-9-7-16(8-10-17)21(25)19-12-11-18(15-20(19)24)26-14-6-13-23;1-3-11-22(2)12-4-13-25-17-9-10-18(19(21)14-17)20(24)15-5-7-16(23)8-6-15/h8,10-15,19H,1,9,16-18H2,2-7H3;7-12,15,21,25H,6,13-14H2,1-5H3;7-12,15H,6,13-14H2,1-5H3;3,5-10,14,23H,1,4,11-13H2,2H3. The highest BCUT2D eigenvalue weighted by Crippen LogP contribution is 2.41. The van der Waals surface area contributed by atoms with Crippen LogP contribution in [0.3, 0.4) is 0 Å². The summed E-state index contributed by atoms with van der Waals surface area (Å²) >= 11 is 6.65. The number of benzene rings is 8. The molecule has 8 aromatic rings. The lowest BCUT2D eigenvalue weighted by atomic mass is 10.0. The number of halogens is 6. The zero-order valence-electron chi connectivity index (χ0n) is 68.9. The van der Waals surface area contributed by atoms with Crippen molar-refractivity contribution in [2.75, 3.05) is 77.4 Å². The molecule has 2 N–H and O–H groups in total. The van der Waals surface area contributed by atoms with Crippen molar-refractivity contribution in [3.05, 3.63) is 263 Å². The lowest BCUT2D eigenvalue weighted by Crippen LogP contribution is -2.43. The molecule has 0 bridgehead atoms. The van der Waals surface area contributed by atoms with Gasteiger partial charge in [0.1, 0.15) is 75.4 Å². The minimum absolute atomic E-state index is 0.0243. The normalized spacial score (nSPS) is 12.0. The molecular formula is C90H116Br2F4N2O12Si3. The molecule has 612 valence electrons. The van der Waals surface area contributed by atoms with Crippen LogP contribution in [0, 0.1) is 23.3 Å². The minimum Gasteiger partial charge on any atom is -0.544 e. The van der Waals surface area contributed by atoms with E-state index in [4.69, 9.17) is 32.2 Å². The Labute approximate surface area is 688 Å². The number of hydrogen-bond acceptors (Lipinski definition) is 14. The van der Waals surface area contributed by atoms with Gasteiger partial charge in [-0.2, -0.15) is 0 Å². The van der Waals surface area contributed by atoms with Gasteiger partial charge in [0.15, 0.2) is 17.3 Å². The molecule has 0 heterocycles. The van der Waals surface area contributed by atoms with Crippen LogP contribution in [0.25, 0.3) is 0 Å². The number of ketones is 3. The number of aliphatic hydroxyl groups excluding tert-OH is 1. The topological polar surface area (TPSA) is 163 Å². The summed E-state index contributed by atoms with van der Waals surface area (Å²) in [5.74, 6) is 0.576. The zero-order chi connectivity index (χ0) is 84.1. The molecule has 0 radical (unpaired) electrons. The highest BCUT2D eigenvalue weighted by Gasteiger charge is 2.41. The SMILES string of the molecule is C=CCN(C)CCCOc1ccc(C(=O)c2ccc(O)cc2)c(F)c1.C=CCN(C)CCCOc1ccc(C(=O)c2ccc(O[Si](C)(C)C(C)(C)C)cc2)c(F)c1.CC(C)(C)[Si](C)(C)Oc1ccc(C(=O)c2ccc(OCCCBr)cc2F)cc1.CC(C)(C)[Si](C)(C)Oc1ccc(C(O)c2ccc(OCCCBr)cc2F)cc1. The van der Waals surface area contributed by atoms with E-state index in [1.165, 1.54) is 66.7 Å². The van der Waals surface area contributed by atoms with Crippen LogP contribution in [0.4, 0.5) is 17.6 Å². The van der Waals surface area contributed by atoms with Gasteiger partial charge in [-0.1, -0.05) is 118 Å². The van der Waals surface area contributed by atoms with Gasteiger partial charge in [0.05, 0.1) is 43.1 Å². The summed E-state index contributed by atoms with van der Waals surface area (Å²) in [6.07, 6.45) is 5.93. The lowest BCUT2D eigenvalue weighted by molar-refractivity contribution is 0.102. The van der Waals surface area contributed by atoms with Crippen molar-refractivity contribution in [2.24, 2.45) is 0 Å². The molecule has 0 aliphatic carbocycles. The van der Waals surface area contributed by atoms with E-state index < -0.39 is 60.1 Å². The first kappa shape index (κ1) is 95.4. The molecule has 0 spiro atoms. The van der Waals surface area contributed by atoms with Gasteiger partial charge in [-0.15, -0.1) is 13.2 Å². The second-order valence-electron chi connectivity index (χ2n) is 32.0. The molecule has 0 amide bonds. The van der Waals surface area contributed by atoms with Crippen LogP contribution < -0.4 is 32.2 Å². The minimum atomic E-state index is -1.96. The van der Waals surface area contributed by atoms with E-state index in [2.05, 4.69) is 156 Å². The predicted molar refractivity (Wildman–Crippen MR) is 464 cm³/mol. The van der Waals surface area contributed by atoms with Crippen molar-refractivity contribution in [3.63, 3.8) is 0 Å². The van der Waals surface area contributed by atoms with E-state index in [1.807, 2.05) is 38.4 Å². The lowest BCUT2D eigenvalue weighted by Gasteiger charge is -2.36. The number of rotatable bonds is 36. The van der Waals surface area contributed by atoms with Crippen molar-refractivity contribution in [2.45, 2.75) is 148 Å². The number of likely N-dealkylation sites (N-methyl/N-ethyl adjacent to an activating group) is 2. The molecule has 1 unspecified atom stereocenters. The van der Waals surface area contributed by atoms with E-state index >= 15 is 0 Å². The third-order valence-corrected chi connectivity index (χ3v) is 34.0. The monoisotopic (exact) mass is 1730 g/mol. The third-order valence-electron chi connectivity index (χ3n) is 19.8. The summed E-state index contributed by atoms with van der Waals surface area (Å²) < 4.78 is 98.6. The summed E-state index contributed by atoms with van der Waals surface area (Å²) in [6, 6.07) is 44.4. The van der Waals surface area contributed by atoms with Gasteiger partial charge in [-0.25, -0.2) is 17.6 Å². The number of nitrogens with zero attached hydrogens (tertiary/aromatic N) is 2. The van der Waals surface area contributed by atoms with Gasteiger partial charge in [-0.05, 0) is 233 Å². The van der Waals surface area contributed by atoms with Crippen LogP contribution in [-0.2, 0) is 0 Å². The molecule has 0 saturated carbocycles. The second-order valence-corrected chi connectivity index (χ2v) is 47.8. The second kappa shape index (κ2) is 44.7. The number of hydrogen-bond donors (Lipinski definition) is 2. The Morgan fingerprint density at radius 3 is 0.956 bits per heavy atom. The highest BCUT2D eigenvalue weighted by atomic mass is 79.9. The van der Waals surface area contributed by atoms with Gasteiger partial charge in [0.25, 0.3) is 0 Å². The maximum Gasteiger partial charge on any atom is 0.250 e. The van der Waals surface area contributed by atoms with Crippen molar-refractivity contribution in [1.29, 1.82) is 0 Å². The molecule has 1 atom stereocenters. The molecule has 0 saturated heterocycles. The fourth-order valence-electron chi connectivity index (χ4n) is 9.96. The Morgan fingerprint density at radius 2 is 0.681 bits per heavy atom. The van der Waals surface area contributed by atoms with Gasteiger partial charge < -0.3 is 52.2 Å². The van der Waals surface area contributed by atoms with Crippen LogP contribution >= 0.6 is 31.9 Å². The Balaban J connectivity index is 0.000000270. The average Bonchev–Trinajstić information content (AvgIpc) is 0.844. The average molecular weight is 1740 g/mol. The number of phenols is 1. The van der Waals surface area contributed by atoms with Crippen molar-refractivity contribution in [1.82, 2.24) is 9.80 Å². The Hall–Kier alpha value is -8.14. The van der Waals surface area contributed by atoms with Gasteiger partial charge >= 0.3 is 0 Å². The fraction of sp³-hybridized carbons (Fsp3) is 0.389. The van der Waals surface area contributed by atoms with E-state index in [9.17, 15) is 42.2 Å². The number of ether oxygens (including phenoxy) is 4. The molecule has 0 aliphatic heterocycles. The van der Waals surface area contributed by atoms with E-state index in [0.717, 1.165) is 79.8 Å². The van der Waals surface area contributed by atoms with Crippen molar-refractivity contribution in [3.8, 4) is 46.0 Å². The summed E-state index contributed by atoms with van der Waals surface area (Å²) in [5.41, 5.74) is 2.05. The molecule has 14 nitrogen and oxygen atoms in total. The van der Waals surface area contributed by atoms with Crippen molar-refractivity contribution >= 4 is 74.2 Å². The summed E-state index contributed by atoms with van der Waals surface area (Å²) in [7, 11) is -1.83. The van der Waals surface area contributed by atoms with Crippen molar-refractivity contribution < 1.29 is 74.4 Å². The van der Waals surface area contributed by atoms with Gasteiger partial charge in [-0.3, -0.25) is 14.4 Å². The van der Waals surface area contributed by atoms with Crippen LogP contribution in [0.15, 0.2) is 195 Å². The summed E-state index contributed by atoms with van der Waals surface area (Å²) in [5, 5.41) is 21.8. The first-order valence-corrected chi connectivity index (χ1v) is 48.9. The molecule has 0 fully saturated rings. The largest absolute Gasteiger partial charge is 0.544 e. The molecule has 8 rings (SSSR count). The van der Waals surface area contributed by atoms with E-state index in [0.29, 0.717) is 71.7 Å². The molecule has 0 aliphatic rings. The summed E-state index contributed by atoms with van der Waals surface area (Å²) in [6.45, 7) is 45.3. The van der Waals surface area contributed by atoms with E-state index in [-0.39, 0.29) is 54.7 Å². The molecular weight excluding hydrogens is 1620 g/mol. The number of alkyl halides is 2. The van der Waals surface area contributed by atoms with Crippen LogP contribution in [0.2, 0.25) is 54.4 Å². The van der Waals surface area contributed by atoms with E-state index in [1.54, 1.807) is 91.0 Å². The van der Waals surface area contributed by atoms with Crippen LogP contribution in [-0.4, -0.2) is 140 Å². The fourth-order valence-corrected chi connectivity index (χ4v) is 13.5. The number of carbonyl (C=O) groups excluding carboxylic acids is 3. The van der Waals surface area contributed by atoms with Crippen LogP contribution in [0.5, 0.6) is 46.0 Å². The maximum absolute atomic E-state index is 14.6. The van der Waals surface area contributed by atoms with Gasteiger partial charge in [0.2, 0.25) is 25.0 Å². The molecule has 8 aromatic carbocycles. The maximum atomic E-state index is 14.6. The molecule has 23 heteroatoms. The zero-order valence-corrected chi connectivity index (χ0v) is 75.0. The number of aliphatic hydroxyl groups is 1. The van der Waals surface area contributed by atoms with Crippen LogP contribution in [0.1, 0.15) is 153 Å². The first-order valence-electron chi connectivity index (χ1n) is 37.9. The Bertz CT molecular complexity index is 4340. The predicted octanol–water partition coefficient (Wildman–Crippen LogP) is 23.0. The highest BCUT2D eigenvalue weighted by molar-refractivity contribution is 9.09. The molecule has 113 heavy (non-hydrogen) atoms. The first-order chi connectivity index (χ1) is 53.0. The third kappa shape index (κ3) is 30.5. The number of carbonyl (C=O) groups is 3. The number of phenolic OH excluding ortho intramolecular Hbond substituents is 1. The Kier molecular flexibility index (Phi) is 37.7. The smallest absolute Gasteiger partial charge is 0.250 e. The Morgan fingerprint density at radius 1 is 0.416 bits per heavy atom. The van der Waals surface area contributed by atoms with Gasteiger partial charge in [0, 0.05) is 83.4 Å².